The molecule has 1 aliphatic heterocycles. The Balaban J connectivity index is 1.61. The van der Waals surface area contributed by atoms with Crippen LogP contribution in [0.5, 0.6) is 0 Å². The summed E-state index contributed by atoms with van der Waals surface area (Å²) in [4.78, 5) is 27.1. The van der Waals surface area contributed by atoms with Crippen LogP contribution < -0.4 is 5.32 Å². The van der Waals surface area contributed by atoms with Gasteiger partial charge in [0.1, 0.15) is 0 Å². The minimum absolute atomic E-state index is 0.0753. The van der Waals surface area contributed by atoms with Crippen LogP contribution in [-0.4, -0.2) is 49.1 Å². The van der Waals surface area contributed by atoms with Crippen molar-refractivity contribution in [2.75, 3.05) is 19.6 Å². The summed E-state index contributed by atoms with van der Waals surface area (Å²) in [6, 6.07) is 13.6. The summed E-state index contributed by atoms with van der Waals surface area (Å²) >= 11 is 6.20. The molecule has 1 saturated heterocycles. The monoisotopic (exact) mass is 491 g/mol. The highest BCUT2D eigenvalue weighted by Gasteiger charge is 2.35. The molecule has 0 unspecified atom stereocenters. The van der Waals surface area contributed by atoms with E-state index in [9.17, 15) is 18.0 Å². The summed E-state index contributed by atoms with van der Waals surface area (Å²) in [7, 11) is -3.53. The lowest BCUT2D eigenvalue weighted by Crippen LogP contribution is -2.34. The second-order valence-corrected chi connectivity index (χ2v) is 10.5. The third-order valence-electron chi connectivity index (χ3n) is 5.99. The second kappa shape index (κ2) is 10.7. The van der Waals surface area contributed by atoms with Gasteiger partial charge in [-0.3, -0.25) is 9.59 Å². The van der Waals surface area contributed by atoms with Gasteiger partial charge < -0.3 is 10.2 Å². The maximum absolute atomic E-state index is 12.8. The molecule has 178 valence electrons. The van der Waals surface area contributed by atoms with E-state index in [1.807, 2.05) is 25.1 Å². The number of hydrogen-bond donors (Lipinski definition) is 1. The Hall–Kier alpha value is -2.42. The van der Waals surface area contributed by atoms with Gasteiger partial charge in [0.2, 0.25) is 21.8 Å². The Morgan fingerprint density at radius 1 is 1.15 bits per heavy atom. The molecule has 2 aromatic carbocycles. The smallest absolute Gasteiger partial charge is 0.243 e. The van der Waals surface area contributed by atoms with E-state index in [1.54, 1.807) is 49.1 Å². The van der Waals surface area contributed by atoms with Crippen LogP contribution in [0.15, 0.2) is 53.4 Å². The topological polar surface area (TPSA) is 86.8 Å². The Bertz CT molecular complexity index is 1100. The Morgan fingerprint density at radius 2 is 1.79 bits per heavy atom. The highest BCUT2D eigenvalue weighted by molar-refractivity contribution is 7.89. The van der Waals surface area contributed by atoms with E-state index in [2.05, 4.69) is 5.32 Å². The Morgan fingerprint density at radius 3 is 2.39 bits per heavy atom. The van der Waals surface area contributed by atoms with E-state index in [0.717, 1.165) is 11.1 Å². The van der Waals surface area contributed by atoms with Crippen molar-refractivity contribution in [2.24, 2.45) is 5.92 Å². The van der Waals surface area contributed by atoms with Crippen LogP contribution in [0.1, 0.15) is 44.4 Å². The Labute approximate surface area is 200 Å². The number of sulfonamides is 1. The lowest BCUT2D eigenvalue weighted by Gasteiger charge is -2.20. The fraction of sp³-hybridized carbons (Fsp3) is 0.417. The van der Waals surface area contributed by atoms with Gasteiger partial charge in [0.15, 0.2) is 0 Å². The maximum Gasteiger partial charge on any atom is 0.243 e. The second-order valence-electron chi connectivity index (χ2n) is 8.16. The van der Waals surface area contributed by atoms with Crippen molar-refractivity contribution in [3.63, 3.8) is 0 Å². The van der Waals surface area contributed by atoms with E-state index in [4.69, 9.17) is 11.6 Å². The minimum atomic E-state index is -3.53. The summed E-state index contributed by atoms with van der Waals surface area (Å²) in [6.07, 6.45) is 0.157. The molecule has 2 atom stereocenters. The van der Waals surface area contributed by atoms with Crippen molar-refractivity contribution in [1.29, 1.82) is 0 Å². The lowest BCUT2D eigenvalue weighted by atomic mass is 10.1. The van der Waals surface area contributed by atoms with Gasteiger partial charge in [-0.1, -0.05) is 55.8 Å². The van der Waals surface area contributed by atoms with E-state index >= 15 is 0 Å². The number of nitrogens with zero attached hydrogens (tertiary/aromatic N) is 2. The van der Waals surface area contributed by atoms with Crippen LogP contribution >= 0.6 is 11.6 Å². The number of halogens is 1. The molecule has 1 fully saturated rings. The molecular weight excluding hydrogens is 462 g/mol. The predicted molar refractivity (Wildman–Crippen MR) is 128 cm³/mol. The molecule has 7 nitrogen and oxygen atoms in total. The highest BCUT2D eigenvalue weighted by atomic mass is 35.5. The molecule has 0 radical (unpaired) electrons. The van der Waals surface area contributed by atoms with Crippen molar-refractivity contribution in [3.8, 4) is 0 Å². The van der Waals surface area contributed by atoms with Gasteiger partial charge in [0.25, 0.3) is 0 Å². The van der Waals surface area contributed by atoms with Crippen LogP contribution in [0.25, 0.3) is 0 Å². The van der Waals surface area contributed by atoms with E-state index in [-0.39, 0.29) is 29.2 Å². The van der Waals surface area contributed by atoms with Crippen molar-refractivity contribution in [1.82, 2.24) is 14.5 Å². The Kier molecular flexibility index (Phi) is 8.15. The fourth-order valence-electron chi connectivity index (χ4n) is 3.99. The van der Waals surface area contributed by atoms with E-state index < -0.39 is 15.9 Å². The van der Waals surface area contributed by atoms with Gasteiger partial charge in [-0.05, 0) is 36.2 Å². The maximum atomic E-state index is 12.8. The minimum Gasteiger partial charge on any atom is -0.349 e. The SMILES string of the molecule is CCN(CC)S(=O)(=O)c1ccc([C@@H](C)NC(=O)[C@@H]2CC(=O)N(Cc3ccccc3Cl)C2)cc1. The van der Waals surface area contributed by atoms with Gasteiger partial charge in [-0.15, -0.1) is 0 Å². The molecule has 2 aromatic rings. The summed E-state index contributed by atoms with van der Waals surface area (Å²) in [5, 5.41) is 3.55. The molecule has 0 saturated carbocycles. The number of nitrogens with one attached hydrogen (secondary N) is 1. The van der Waals surface area contributed by atoms with E-state index in [1.165, 1.54) is 4.31 Å². The number of carbonyl (C=O) groups excluding carboxylic acids is 2. The number of hydrogen-bond acceptors (Lipinski definition) is 4. The number of carbonyl (C=O) groups is 2. The van der Waals surface area contributed by atoms with Gasteiger partial charge in [0, 0.05) is 37.6 Å². The fourth-order valence-corrected chi connectivity index (χ4v) is 5.64. The number of amides is 2. The van der Waals surface area contributed by atoms with Crippen LogP contribution in [0.4, 0.5) is 0 Å². The van der Waals surface area contributed by atoms with Crippen molar-refractivity contribution >= 4 is 33.4 Å². The highest BCUT2D eigenvalue weighted by Crippen LogP contribution is 2.25. The summed E-state index contributed by atoms with van der Waals surface area (Å²) in [6.45, 7) is 6.96. The third kappa shape index (κ3) is 5.75. The molecule has 1 aliphatic rings. The first kappa shape index (κ1) is 25.2. The summed E-state index contributed by atoms with van der Waals surface area (Å²) < 4.78 is 26.7. The molecule has 0 bridgehead atoms. The quantitative estimate of drug-likeness (QED) is 0.580. The zero-order chi connectivity index (χ0) is 24.2. The molecular formula is C24H30ClN3O4S. The first-order chi connectivity index (χ1) is 15.7. The molecule has 33 heavy (non-hydrogen) atoms. The van der Waals surface area contributed by atoms with Crippen LogP contribution in [0.3, 0.4) is 0 Å². The molecule has 0 aliphatic carbocycles. The van der Waals surface area contributed by atoms with Gasteiger partial charge >= 0.3 is 0 Å². The first-order valence-electron chi connectivity index (χ1n) is 11.1. The number of rotatable bonds is 9. The van der Waals surface area contributed by atoms with Crippen molar-refractivity contribution in [3.05, 3.63) is 64.7 Å². The van der Waals surface area contributed by atoms with E-state index in [0.29, 0.717) is 31.2 Å². The average molecular weight is 492 g/mol. The zero-order valence-electron chi connectivity index (χ0n) is 19.1. The predicted octanol–water partition coefficient (Wildman–Crippen LogP) is 3.60. The molecule has 1 heterocycles. The van der Waals surface area contributed by atoms with Gasteiger partial charge in [0.05, 0.1) is 16.9 Å². The van der Waals surface area contributed by atoms with Crippen LogP contribution in [-0.2, 0) is 26.2 Å². The van der Waals surface area contributed by atoms with Crippen LogP contribution in [0.2, 0.25) is 5.02 Å². The van der Waals surface area contributed by atoms with Crippen molar-refractivity contribution < 1.29 is 18.0 Å². The van der Waals surface area contributed by atoms with Gasteiger partial charge in [-0.25, -0.2) is 8.42 Å². The normalized spacial score (nSPS) is 17.4. The largest absolute Gasteiger partial charge is 0.349 e. The lowest BCUT2D eigenvalue weighted by molar-refractivity contribution is -0.129. The number of likely N-dealkylation sites (tertiary alicyclic amines) is 1. The standard InChI is InChI=1S/C24H30ClN3O4S/c1-4-28(5-2)33(31,32)21-12-10-18(11-13-21)17(3)26-24(30)20-14-23(29)27(16-20)15-19-8-6-7-9-22(19)25/h6-13,17,20H,4-5,14-16H2,1-3H3,(H,26,30)/t17-,20-/m1/s1. The summed E-state index contributed by atoms with van der Waals surface area (Å²) in [5.41, 5.74) is 1.64. The molecule has 0 aromatic heterocycles. The molecule has 1 N–H and O–H groups in total. The van der Waals surface area contributed by atoms with Crippen LogP contribution in [0, 0.1) is 5.92 Å². The average Bonchev–Trinajstić information content (AvgIpc) is 3.16. The third-order valence-corrected chi connectivity index (χ3v) is 8.42. The molecule has 0 spiro atoms. The van der Waals surface area contributed by atoms with Crippen molar-refractivity contribution in [2.45, 2.75) is 44.7 Å². The molecule has 3 rings (SSSR count). The molecule has 9 heteroatoms. The number of benzene rings is 2. The van der Waals surface area contributed by atoms with Gasteiger partial charge in [-0.2, -0.15) is 4.31 Å². The first-order valence-corrected chi connectivity index (χ1v) is 12.9. The summed E-state index contributed by atoms with van der Waals surface area (Å²) in [5.74, 6) is -0.712. The zero-order valence-corrected chi connectivity index (χ0v) is 20.7. The molecule has 2 amide bonds.